The SMILES string of the molecule is CC(=O)OCC(OC(=O)c1ccccc1)n1c(=O)sc2c(=O)[nH]c(N)nc21. The Hall–Kier alpha value is -3.47. The number of fused-ring (bicyclic) bond motifs is 1. The van der Waals surface area contributed by atoms with Gasteiger partial charge < -0.3 is 15.2 Å². The summed E-state index contributed by atoms with van der Waals surface area (Å²) in [6.45, 7) is 0.736. The number of H-pyrrole nitrogens is 1. The molecule has 0 aliphatic carbocycles. The second-order valence-corrected chi connectivity index (χ2v) is 6.33. The molecule has 2 aromatic heterocycles. The number of aromatic amines is 1. The quantitative estimate of drug-likeness (QED) is 0.604. The number of nitrogen functional groups attached to an aromatic ring is 1. The highest BCUT2D eigenvalue weighted by molar-refractivity contribution is 7.16. The molecule has 140 valence electrons. The molecule has 1 unspecified atom stereocenters. The molecule has 11 heteroatoms. The number of nitrogens with zero attached hydrogens (tertiary/aromatic N) is 2. The molecule has 0 fully saturated rings. The Kier molecular flexibility index (Phi) is 5.03. The highest BCUT2D eigenvalue weighted by atomic mass is 32.1. The number of carbonyl (C=O) groups excluding carboxylic acids is 2. The van der Waals surface area contributed by atoms with Crippen LogP contribution in [0.25, 0.3) is 10.3 Å². The van der Waals surface area contributed by atoms with Gasteiger partial charge in [0.15, 0.2) is 5.65 Å². The van der Waals surface area contributed by atoms with Crippen molar-refractivity contribution < 1.29 is 19.1 Å². The van der Waals surface area contributed by atoms with Crippen LogP contribution in [0.15, 0.2) is 39.9 Å². The number of nitrogens with two attached hydrogens (primary N) is 1. The minimum Gasteiger partial charge on any atom is -0.460 e. The number of hydrogen-bond acceptors (Lipinski definition) is 9. The molecule has 0 aliphatic heterocycles. The molecule has 0 bridgehead atoms. The molecule has 0 saturated carbocycles. The number of esters is 2. The molecular weight excluding hydrogens is 376 g/mol. The maximum atomic E-state index is 12.4. The van der Waals surface area contributed by atoms with E-state index in [0.29, 0.717) is 11.3 Å². The Morgan fingerprint density at radius 1 is 1.30 bits per heavy atom. The normalized spacial score (nSPS) is 11.9. The first-order chi connectivity index (χ1) is 12.9. The standard InChI is InChI=1S/C16H14N4O6S/c1-8(21)25-7-10(26-14(23)9-5-3-2-4-6-9)20-12-11(27-16(20)24)13(22)19-15(17)18-12/h2-6,10H,7H2,1H3,(H3,17,18,19,22). The van der Waals surface area contributed by atoms with Gasteiger partial charge in [-0.1, -0.05) is 29.5 Å². The number of anilines is 1. The predicted molar refractivity (Wildman–Crippen MR) is 96.4 cm³/mol. The molecular formula is C16H14N4O6S. The van der Waals surface area contributed by atoms with Crippen molar-refractivity contribution in [3.05, 3.63) is 55.9 Å². The molecule has 0 aliphatic rings. The Labute approximate surface area is 155 Å². The van der Waals surface area contributed by atoms with Crippen LogP contribution in [0.3, 0.4) is 0 Å². The third-order valence-electron chi connectivity index (χ3n) is 3.46. The molecule has 3 rings (SSSR count). The fourth-order valence-corrected chi connectivity index (χ4v) is 3.17. The zero-order chi connectivity index (χ0) is 19.6. The van der Waals surface area contributed by atoms with E-state index in [9.17, 15) is 19.2 Å². The van der Waals surface area contributed by atoms with E-state index in [1.54, 1.807) is 18.2 Å². The number of carbonyl (C=O) groups is 2. The van der Waals surface area contributed by atoms with Crippen molar-refractivity contribution >= 4 is 39.6 Å². The molecule has 1 atom stereocenters. The monoisotopic (exact) mass is 390 g/mol. The first-order valence-electron chi connectivity index (χ1n) is 7.67. The van der Waals surface area contributed by atoms with Crippen LogP contribution in [-0.4, -0.2) is 33.1 Å². The largest absolute Gasteiger partial charge is 0.460 e. The van der Waals surface area contributed by atoms with Crippen LogP contribution in [0.4, 0.5) is 5.95 Å². The molecule has 3 N–H and O–H groups in total. The van der Waals surface area contributed by atoms with Gasteiger partial charge in [0.25, 0.3) is 5.56 Å². The van der Waals surface area contributed by atoms with E-state index in [0.717, 1.165) is 4.57 Å². The van der Waals surface area contributed by atoms with Crippen molar-refractivity contribution in [1.29, 1.82) is 0 Å². The highest BCUT2D eigenvalue weighted by Crippen LogP contribution is 2.19. The third-order valence-corrected chi connectivity index (χ3v) is 4.40. The minimum atomic E-state index is -1.32. The maximum Gasteiger partial charge on any atom is 0.340 e. The van der Waals surface area contributed by atoms with Gasteiger partial charge in [-0.25, -0.2) is 9.36 Å². The number of aromatic nitrogens is 3. The number of rotatable bonds is 5. The Balaban J connectivity index is 2.06. The average molecular weight is 390 g/mol. The fraction of sp³-hybridized carbons (Fsp3) is 0.188. The second-order valence-electron chi connectivity index (χ2n) is 5.37. The summed E-state index contributed by atoms with van der Waals surface area (Å²) in [6, 6.07) is 8.07. The van der Waals surface area contributed by atoms with Crippen LogP contribution in [0.2, 0.25) is 0 Å². The molecule has 2 heterocycles. The zero-order valence-corrected chi connectivity index (χ0v) is 14.8. The molecule has 27 heavy (non-hydrogen) atoms. The molecule has 0 saturated heterocycles. The van der Waals surface area contributed by atoms with Crippen molar-refractivity contribution in [1.82, 2.24) is 14.5 Å². The predicted octanol–water partition coefficient (Wildman–Crippen LogP) is 0.647. The van der Waals surface area contributed by atoms with Gasteiger partial charge in [0.2, 0.25) is 12.2 Å². The van der Waals surface area contributed by atoms with E-state index in [2.05, 4.69) is 9.97 Å². The third kappa shape index (κ3) is 3.87. The van der Waals surface area contributed by atoms with Gasteiger partial charge in [-0.3, -0.25) is 19.4 Å². The van der Waals surface area contributed by atoms with Gasteiger partial charge >= 0.3 is 16.8 Å². The molecule has 1 aromatic carbocycles. The Morgan fingerprint density at radius 3 is 2.67 bits per heavy atom. The van der Waals surface area contributed by atoms with Crippen LogP contribution in [0, 0.1) is 0 Å². The van der Waals surface area contributed by atoms with Crippen molar-refractivity contribution in [3.63, 3.8) is 0 Å². The van der Waals surface area contributed by atoms with Gasteiger partial charge in [-0.05, 0) is 12.1 Å². The lowest BCUT2D eigenvalue weighted by Crippen LogP contribution is -2.29. The van der Waals surface area contributed by atoms with Crippen molar-refractivity contribution in [2.75, 3.05) is 12.3 Å². The number of hydrogen-bond donors (Lipinski definition) is 2. The van der Waals surface area contributed by atoms with Gasteiger partial charge in [0.1, 0.15) is 11.3 Å². The van der Waals surface area contributed by atoms with E-state index in [4.69, 9.17) is 15.2 Å². The van der Waals surface area contributed by atoms with Crippen LogP contribution >= 0.6 is 11.3 Å². The maximum absolute atomic E-state index is 12.4. The van der Waals surface area contributed by atoms with E-state index in [1.165, 1.54) is 19.1 Å². The number of thiazole rings is 1. The average Bonchev–Trinajstić information content (AvgIpc) is 2.95. The summed E-state index contributed by atoms with van der Waals surface area (Å²) in [5.41, 5.74) is 5.12. The zero-order valence-electron chi connectivity index (χ0n) is 14.0. The summed E-state index contributed by atoms with van der Waals surface area (Å²) >= 11 is 0.613. The molecule has 0 spiro atoms. The lowest BCUT2D eigenvalue weighted by atomic mass is 10.2. The Bertz CT molecular complexity index is 1120. The van der Waals surface area contributed by atoms with Gasteiger partial charge in [0.05, 0.1) is 5.56 Å². The van der Waals surface area contributed by atoms with Crippen molar-refractivity contribution in [2.24, 2.45) is 0 Å². The summed E-state index contributed by atoms with van der Waals surface area (Å²) < 4.78 is 11.3. The van der Waals surface area contributed by atoms with Crippen molar-refractivity contribution in [2.45, 2.75) is 13.2 Å². The summed E-state index contributed by atoms with van der Waals surface area (Å²) in [5.74, 6) is -1.58. The van der Waals surface area contributed by atoms with E-state index < -0.39 is 35.2 Å². The number of ether oxygens (including phenoxy) is 2. The topological polar surface area (TPSA) is 146 Å². The lowest BCUT2D eigenvalue weighted by Gasteiger charge is -2.18. The Morgan fingerprint density at radius 2 is 2.00 bits per heavy atom. The molecule has 3 aromatic rings. The molecule has 0 radical (unpaired) electrons. The first-order valence-corrected chi connectivity index (χ1v) is 8.48. The van der Waals surface area contributed by atoms with E-state index in [1.807, 2.05) is 0 Å². The first kappa shape index (κ1) is 18.3. The minimum absolute atomic E-state index is 0.0118. The van der Waals surface area contributed by atoms with E-state index in [-0.39, 0.29) is 21.9 Å². The van der Waals surface area contributed by atoms with Crippen LogP contribution in [0.5, 0.6) is 0 Å². The number of nitrogens with one attached hydrogen (secondary N) is 1. The van der Waals surface area contributed by atoms with Crippen molar-refractivity contribution in [3.8, 4) is 0 Å². The highest BCUT2D eigenvalue weighted by Gasteiger charge is 2.25. The summed E-state index contributed by atoms with van der Waals surface area (Å²) in [5, 5.41) is 0. The van der Waals surface area contributed by atoms with Gasteiger partial charge in [-0.15, -0.1) is 0 Å². The number of benzene rings is 1. The van der Waals surface area contributed by atoms with E-state index >= 15 is 0 Å². The lowest BCUT2D eigenvalue weighted by molar-refractivity contribution is -0.146. The summed E-state index contributed by atoms with van der Waals surface area (Å²) in [6.07, 6.45) is -1.32. The molecule has 0 amide bonds. The smallest absolute Gasteiger partial charge is 0.340 e. The summed E-state index contributed by atoms with van der Waals surface area (Å²) in [4.78, 5) is 53.6. The second kappa shape index (κ2) is 7.41. The fourth-order valence-electron chi connectivity index (χ4n) is 2.32. The van der Waals surface area contributed by atoms with Gasteiger partial charge in [-0.2, -0.15) is 4.98 Å². The van der Waals surface area contributed by atoms with Crippen LogP contribution in [-0.2, 0) is 14.3 Å². The van der Waals surface area contributed by atoms with Crippen LogP contribution in [0.1, 0.15) is 23.5 Å². The summed E-state index contributed by atoms with van der Waals surface area (Å²) in [7, 11) is 0. The van der Waals surface area contributed by atoms with Gasteiger partial charge in [0, 0.05) is 6.92 Å². The molecule has 10 nitrogen and oxygen atoms in total. The van der Waals surface area contributed by atoms with Crippen LogP contribution < -0.4 is 16.2 Å².